The van der Waals surface area contributed by atoms with Crippen molar-refractivity contribution in [3.63, 3.8) is 0 Å². The number of fused-ring (bicyclic) bond motifs is 1. The molecule has 2 aliphatic rings. The monoisotopic (exact) mass is 259 g/mol. The number of hydrogen-bond acceptors (Lipinski definition) is 3. The van der Waals surface area contributed by atoms with E-state index in [9.17, 15) is 0 Å². The number of nitrogens with zero attached hydrogens (tertiary/aromatic N) is 2. The first-order valence-electron chi connectivity index (χ1n) is 7.44. The van der Waals surface area contributed by atoms with E-state index in [1.165, 1.54) is 43.7 Å². The first-order chi connectivity index (χ1) is 9.22. The fraction of sp³-hybridized carbons (Fsp3) is 0.625. The second-order valence-electron chi connectivity index (χ2n) is 6.22. The van der Waals surface area contributed by atoms with E-state index in [1.54, 1.807) is 0 Å². The average Bonchev–Trinajstić information content (AvgIpc) is 2.81. The summed E-state index contributed by atoms with van der Waals surface area (Å²) in [6, 6.07) is 9.72. The number of piperidine rings is 1. The Bertz CT molecular complexity index is 399. The molecule has 0 aromatic heterocycles. The second-order valence-corrected chi connectivity index (χ2v) is 6.22. The molecular formula is C16H25N3. The minimum Gasteiger partial charge on any atom is -0.378 e. The molecule has 1 aromatic carbocycles. The van der Waals surface area contributed by atoms with Crippen LogP contribution in [0.25, 0.3) is 0 Å². The molecular weight excluding hydrogens is 234 g/mol. The van der Waals surface area contributed by atoms with Crippen LogP contribution in [0.3, 0.4) is 0 Å². The van der Waals surface area contributed by atoms with Crippen LogP contribution in [0, 0.1) is 5.92 Å². The largest absolute Gasteiger partial charge is 0.378 e. The maximum absolute atomic E-state index is 3.67. The molecule has 3 nitrogen and oxygen atoms in total. The predicted octanol–water partition coefficient (Wildman–Crippen LogP) is 1.94. The van der Waals surface area contributed by atoms with Crippen LogP contribution in [0.1, 0.15) is 18.4 Å². The summed E-state index contributed by atoms with van der Waals surface area (Å²) < 4.78 is 0. The standard InChI is InChI=1S/C16H25N3/c1-18(2)15-7-5-13(6-8-15)10-19-11-14-4-3-9-17-16(14)12-19/h5-8,14,16-17H,3-4,9-12H2,1-2H3. The number of likely N-dealkylation sites (tertiary alicyclic amines) is 1. The summed E-state index contributed by atoms with van der Waals surface area (Å²) in [7, 11) is 4.18. The zero-order chi connectivity index (χ0) is 13.2. The average molecular weight is 259 g/mol. The van der Waals surface area contributed by atoms with E-state index in [0.717, 1.165) is 18.5 Å². The summed E-state index contributed by atoms with van der Waals surface area (Å²) >= 11 is 0. The Morgan fingerprint density at radius 3 is 2.68 bits per heavy atom. The van der Waals surface area contributed by atoms with E-state index in [0.29, 0.717) is 0 Å². The lowest BCUT2D eigenvalue weighted by molar-refractivity contribution is 0.312. The van der Waals surface area contributed by atoms with Crippen molar-refractivity contribution in [3.8, 4) is 0 Å². The van der Waals surface area contributed by atoms with Gasteiger partial charge in [-0.15, -0.1) is 0 Å². The zero-order valence-corrected chi connectivity index (χ0v) is 12.1. The highest BCUT2D eigenvalue weighted by atomic mass is 15.2. The van der Waals surface area contributed by atoms with Gasteiger partial charge in [0, 0.05) is 45.5 Å². The van der Waals surface area contributed by atoms with Crippen LogP contribution >= 0.6 is 0 Å². The van der Waals surface area contributed by atoms with Crippen molar-refractivity contribution in [1.29, 1.82) is 0 Å². The van der Waals surface area contributed by atoms with Crippen molar-refractivity contribution in [2.24, 2.45) is 5.92 Å². The van der Waals surface area contributed by atoms with Gasteiger partial charge in [0.05, 0.1) is 0 Å². The fourth-order valence-corrected chi connectivity index (χ4v) is 3.42. The van der Waals surface area contributed by atoms with Crippen molar-refractivity contribution in [3.05, 3.63) is 29.8 Å². The van der Waals surface area contributed by atoms with Gasteiger partial charge in [-0.3, -0.25) is 4.90 Å². The van der Waals surface area contributed by atoms with Gasteiger partial charge in [-0.05, 0) is 43.0 Å². The van der Waals surface area contributed by atoms with E-state index < -0.39 is 0 Å². The Kier molecular flexibility index (Phi) is 3.76. The molecule has 0 saturated carbocycles. The molecule has 3 heteroatoms. The molecule has 2 aliphatic heterocycles. The van der Waals surface area contributed by atoms with Gasteiger partial charge in [-0.25, -0.2) is 0 Å². The first kappa shape index (κ1) is 12.9. The lowest BCUT2D eigenvalue weighted by Gasteiger charge is -2.24. The van der Waals surface area contributed by atoms with Gasteiger partial charge in [-0.1, -0.05) is 12.1 Å². The Balaban J connectivity index is 1.59. The van der Waals surface area contributed by atoms with Crippen molar-refractivity contribution in [2.45, 2.75) is 25.4 Å². The quantitative estimate of drug-likeness (QED) is 0.895. The predicted molar refractivity (Wildman–Crippen MR) is 80.6 cm³/mol. The van der Waals surface area contributed by atoms with Gasteiger partial charge in [0.25, 0.3) is 0 Å². The highest BCUT2D eigenvalue weighted by molar-refractivity contribution is 5.45. The molecule has 0 aliphatic carbocycles. The highest BCUT2D eigenvalue weighted by Gasteiger charge is 2.33. The lowest BCUT2D eigenvalue weighted by Crippen LogP contribution is -2.40. The second kappa shape index (κ2) is 5.51. The zero-order valence-electron chi connectivity index (χ0n) is 12.1. The van der Waals surface area contributed by atoms with E-state index in [4.69, 9.17) is 0 Å². The van der Waals surface area contributed by atoms with Crippen LogP contribution in [-0.4, -0.2) is 44.7 Å². The van der Waals surface area contributed by atoms with Gasteiger partial charge >= 0.3 is 0 Å². The third kappa shape index (κ3) is 2.93. The molecule has 2 saturated heterocycles. The number of benzene rings is 1. The van der Waals surface area contributed by atoms with Gasteiger partial charge in [0.15, 0.2) is 0 Å². The molecule has 2 atom stereocenters. The number of nitrogens with one attached hydrogen (secondary N) is 1. The molecule has 0 amide bonds. The normalized spacial score (nSPS) is 27.3. The molecule has 0 bridgehead atoms. The van der Waals surface area contributed by atoms with Gasteiger partial charge in [-0.2, -0.15) is 0 Å². The minimum atomic E-state index is 0.745. The van der Waals surface area contributed by atoms with Crippen LogP contribution in [-0.2, 0) is 6.54 Å². The van der Waals surface area contributed by atoms with Gasteiger partial charge in [0.1, 0.15) is 0 Å². The van der Waals surface area contributed by atoms with Crippen LogP contribution in [0.2, 0.25) is 0 Å². The summed E-state index contributed by atoms with van der Waals surface area (Å²) in [5.41, 5.74) is 2.71. The number of rotatable bonds is 3. The summed E-state index contributed by atoms with van der Waals surface area (Å²) in [5.74, 6) is 0.884. The number of anilines is 1. The third-order valence-electron chi connectivity index (χ3n) is 4.53. The molecule has 19 heavy (non-hydrogen) atoms. The van der Waals surface area contributed by atoms with Crippen LogP contribution in [0.5, 0.6) is 0 Å². The van der Waals surface area contributed by atoms with Gasteiger partial charge < -0.3 is 10.2 Å². The minimum absolute atomic E-state index is 0.745. The van der Waals surface area contributed by atoms with Crippen molar-refractivity contribution >= 4 is 5.69 Å². The van der Waals surface area contributed by atoms with Crippen LogP contribution < -0.4 is 10.2 Å². The lowest BCUT2D eigenvalue weighted by atomic mass is 9.94. The van der Waals surface area contributed by atoms with E-state index in [1.807, 2.05) is 0 Å². The highest BCUT2D eigenvalue weighted by Crippen LogP contribution is 2.26. The van der Waals surface area contributed by atoms with Crippen LogP contribution in [0.4, 0.5) is 5.69 Å². The molecule has 0 spiro atoms. The molecule has 3 rings (SSSR count). The number of hydrogen-bond donors (Lipinski definition) is 1. The topological polar surface area (TPSA) is 18.5 Å². The fourth-order valence-electron chi connectivity index (χ4n) is 3.42. The van der Waals surface area contributed by atoms with Crippen molar-refractivity contribution < 1.29 is 0 Å². The van der Waals surface area contributed by atoms with Crippen molar-refractivity contribution in [1.82, 2.24) is 10.2 Å². The van der Waals surface area contributed by atoms with Crippen molar-refractivity contribution in [2.75, 3.05) is 38.6 Å². The molecule has 2 heterocycles. The SMILES string of the molecule is CN(C)c1ccc(CN2CC3CCCNC3C2)cc1. The van der Waals surface area contributed by atoms with Gasteiger partial charge in [0.2, 0.25) is 0 Å². The smallest absolute Gasteiger partial charge is 0.0361 e. The molecule has 1 aromatic rings. The maximum atomic E-state index is 3.67. The summed E-state index contributed by atoms with van der Waals surface area (Å²) in [4.78, 5) is 4.76. The molecule has 1 N–H and O–H groups in total. The summed E-state index contributed by atoms with van der Waals surface area (Å²) in [5, 5.41) is 3.67. The molecule has 2 unspecified atom stereocenters. The Hall–Kier alpha value is -1.06. The van der Waals surface area contributed by atoms with E-state index in [2.05, 4.69) is 53.5 Å². The van der Waals surface area contributed by atoms with E-state index >= 15 is 0 Å². The molecule has 0 radical (unpaired) electrons. The summed E-state index contributed by atoms with van der Waals surface area (Å²) in [6.45, 7) is 4.81. The van der Waals surface area contributed by atoms with Crippen LogP contribution in [0.15, 0.2) is 24.3 Å². The maximum Gasteiger partial charge on any atom is 0.0361 e. The Morgan fingerprint density at radius 1 is 1.21 bits per heavy atom. The Morgan fingerprint density at radius 2 is 2.00 bits per heavy atom. The molecule has 104 valence electrons. The third-order valence-corrected chi connectivity index (χ3v) is 4.53. The molecule has 2 fully saturated rings. The summed E-state index contributed by atoms with van der Waals surface area (Å²) in [6.07, 6.45) is 2.76. The van der Waals surface area contributed by atoms with E-state index in [-0.39, 0.29) is 0 Å². The Labute approximate surface area is 116 Å². The first-order valence-corrected chi connectivity index (χ1v) is 7.44.